The Hall–Kier alpha value is -0.760. The molecule has 0 aromatic rings. The molecule has 0 radical (unpaired) electrons. The third-order valence-corrected chi connectivity index (χ3v) is 3.01. The molecular weight excluding hydrogens is 252 g/mol. The van der Waals surface area contributed by atoms with Crippen LogP contribution < -0.4 is 0 Å². The number of rotatable bonds is 5. The van der Waals surface area contributed by atoms with Gasteiger partial charge in [0.1, 0.15) is 24.4 Å². The SMILES string of the molecule is C/C=C\C(=C/C)C1OC(CO)C(O)C(C(O)CO)O1. The minimum Gasteiger partial charge on any atom is -0.394 e. The first-order valence-electron chi connectivity index (χ1n) is 6.26. The van der Waals surface area contributed by atoms with E-state index in [2.05, 4.69) is 0 Å². The molecule has 1 heterocycles. The first-order chi connectivity index (χ1) is 9.08. The summed E-state index contributed by atoms with van der Waals surface area (Å²) < 4.78 is 10.9. The lowest BCUT2D eigenvalue weighted by molar-refractivity contribution is -0.292. The van der Waals surface area contributed by atoms with Gasteiger partial charge in [-0.1, -0.05) is 18.2 Å². The monoisotopic (exact) mass is 274 g/mol. The molecule has 6 heteroatoms. The number of ether oxygens (including phenoxy) is 2. The Morgan fingerprint density at radius 3 is 2.42 bits per heavy atom. The lowest BCUT2D eigenvalue weighted by Crippen LogP contribution is -2.56. The van der Waals surface area contributed by atoms with Crippen LogP contribution >= 0.6 is 0 Å². The largest absolute Gasteiger partial charge is 0.394 e. The molecule has 0 spiro atoms. The van der Waals surface area contributed by atoms with E-state index in [9.17, 15) is 15.3 Å². The average molecular weight is 274 g/mol. The quantitative estimate of drug-likeness (QED) is 0.496. The number of hydrogen-bond donors (Lipinski definition) is 4. The van der Waals surface area contributed by atoms with Crippen LogP contribution in [0.15, 0.2) is 23.8 Å². The van der Waals surface area contributed by atoms with Crippen molar-refractivity contribution in [1.29, 1.82) is 0 Å². The van der Waals surface area contributed by atoms with E-state index >= 15 is 0 Å². The highest BCUT2D eigenvalue weighted by Crippen LogP contribution is 2.26. The van der Waals surface area contributed by atoms with Gasteiger partial charge in [-0.05, 0) is 13.8 Å². The molecular formula is C13H22O6. The second kappa shape index (κ2) is 7.74. The van der Waals surface area contributed by atoms with Crippen molar-refractivity contribution in [2.45, 2.75) is 44.6 Å². The zero-order valence-corrected chi connectivity index (χ0v) is 11.1. The number of hydrogen-bond acceptors (Lipinski definition) is 6. The first kappa shape index (κ1) is 16.3. The van der Waals surface area contributed by atoms with Crippen molar-refractivity contribution in [2.75, 3.05) is 13.2 Å². The van der Waals surface area contributed by atoms with Crippen LogP contribution in [0.1, 0.15) is 13.8 Å². The van der Waals surface area contributed by atoms with Crippen LogP contribution in [0.3, 0.4) is 0 Å². The molecule has 19 heavy (non-hydrogen) atoms. The molecule has 0 saturated carbocycles. The maximum Gasteiger partial charge on any atom is 0.184 e. The Balaban J connectivity index is 2.91. The van der Waals surface area contributed by atoms with E-state index in [1.54, 1.807) is 25.2 Å². The summed E-state index contributed by atoms with van der Waals surface area (Å²) in [5.74, 6) is 0. The summed E-state index contributed by atoms with van der Waals surface area (Å²) >= 11 is 0. The Morgan fingerprint density at radius 1 is 1.26 bits per heavy atom. The van der Waals surface area contributed by atoms with E-state index in [4.69, 9.17) is 14.6 Å². The van der Waals surface area contributed by atoms with Gasteiger partial charge in [0.15, 0.2) is 6.29 Å². The molecule has 0 aliphatic carbocycles. The normalized spacial score (nSPS) is 34.7. The highest BCUT2D eigenvalue weighted by Gasteiger charge is 2.42. The fourth-order valence-corrected chi connectivity index (χ4v) is 1.94. The summed E-state index contributed by atoms with van der Waals surface area (Å²) in [6, 6.07) is 0. The third kappa shape index (κ3) is 3.85. The zero-order chi connectivity index (χ0) is 14.4. The highest BCUT2D eigenvalue weighted by molar-refractivity contribution is 5.21. The van der Waals surface area contributed by atoms with Crippen molar-refractivity contribution < 1.29 is 29.9 Å². The van der Waals surface area contributed by atoms with Crippen LogP contribution in [0.5, 0.6) is 0 Å². The molecule has 5 unspecified atom stereocenters. The molecule has 0 bridgehead atoms. The summed E-state index contributed by atoms with van der Waals surface area (Å²) in [6.45, 7) is 2.70. The van der Waals surface area contributed by atoms with Gasteiger partial charge in [-0.2, -0.15) is 0 Å². The van der Waals surface area contributed by atoms with Gasteiger partial charge in [-0.15, -0.1) is 0 Å². The lowest BCUT2D eigenvalue weighted by atomic mass is 10.0. The predicted octanol–water partition coefficient (Wildman–Crippen LogP) is -0.675. The van der Waals surface area contributed by atoms with E-state index in [1.165, 1.54) is 0 Å². The van der Waals surface area contributed by atoms with Crippen molar-refractivity contribution in [3.05, 3.63) is 23.8 Å². The summed E-state index contributed by atoms with van der Waals surface area (Å²) in [5.41, 5.74) is 0.711. The molecule has 6 nitrogen and oxygen atoms in total. The van der Waals surface area contributed by atoms with Crippen molar-refractivity contribution >= 4 is 0 Å². The van der Waals surface area contributed by atoms with E-state index in [1.807, 2.05) is 6.92 Å². The molecule has 1 rings (SSSR count). The van der Waals surface area contributed by atoms with Gasteiger partial charge in [0.05, 0.1) is 13.2 Å². The van der Waals surface area contributed by atoms with Gasteiger partial charge < -0.3 is 29.9 Å². The lowest BCUT2D eigenvalue weighted by Gasteiger charge is -2.40. The Morgan fingerprint density at radius 2 is 1.95 bits per heavy atom. The van der Waals surface area contributed by atoms with Gasteiger partial charge in [-0.3, -0.25) is 0 Å². The van der Waals surface area contributed by atoms with Crippen LogP contribution in [-0.4, -0.2) is 64.3 Å². The van der Waals surface area contributed by atoms with Crippen LogP contribution in [0, 0.1) is 0 Å². The van der Waals surface area contributed by atoms with E-state index < -0.39 is 43.9 Å². The summed E-state index contributed by atoms with van der Waals surface area (Å²) in [7, 11) is 0. The predicted molar refractivity (Wildman–Crippen MR) is 68.3 cm³/mol. The van der Waals surface area contributed by atoms with Gasteiger partial charge in [0.25, 0.3) is 0 Å². The maximum atomic E-state index is 9.91. The smallest absolute Gasteiger partial charge is 0.184 e. The van der Waals surface area contributed by atoms with Gasteiger partial charge in [-0.25, -0.2) is 0 Å². The van der Waals surface area contributed by atoms with Gasteiger partial charge >= 0.3 is 0 Å². The third-order valence-electron chi connectivity index (χ3n) is 3.01. The zero-order valence-electron chi connectivity index (χ0n) is 11.1. The first-order valence-corrected chi connectivity index (χ1v) is 6.26. The Kier molecular flexibility index (Phi) is 6.64. The summed E-state index contributed by atoms with van der Waals surface area (Å²) in [5, 5.41) is 37.8. The fraction of sp³-hybridized carbons (Fsp3) is 0.692. The van der Waals surface area contributed by atoms with Crippen molar-refractivity contribution in [3.63, 3.8) is 0 Å². The fourth-order valence-electron chi connectivity index (χ4n) is 1.94. The molecule has 1 aliphatic rings. The minimum atomic E-state index is -1.24. The standard InChI is InChI=1S/C13H22O6/c1-3-5-8(4-2)13-18-10(7-15)11(17)12(19-13)9(16)6-14/h3-5,9-17H,6-7H2,1-2H3/b5-3-,8-4+. The van der Waals surface area contributed by atoms with Crippen LogP contribution in [0.2, 0.25) is 0 Å². The van der Waals surface area contributed by atoms with Crippen LogP contribution in [-0.2, 0) is 9.47 Å². The minimum absolute atomic E-state index is 0.400. The number of aliphatic hydroxyl groups is 4. The molecule has 4 N–H and O–H groups in total. The van der Waals surface area contributed by atoms with Crippen molar-refractivity contribution in [3.8, 4) is 0 Å². The molecule has 1 fully saturated rings. The number of allylic oxidation sites excluding steroid dienone is 2. The molecule has 110 valence electrons. The van der Waals surface area contributed by atoms with Gasteiger partial charge in [0.2, 0.25) is 0 Å². The van der Waals surface area contributed by atoms with Gasteiger partial charge in [0, 0.05) is 5.57 Å². The maximum absolute atomic E-state index is 9.91. The summed E-state index contributed by atoms with van der Waals surface area (Å²) in [4.78, 5) is 0. The highest BCUT2D eigenvalue weighted by atomic mass is 16.7. The molecule has 5 atom stereocenters. The molecule has 1 aliphatic heterocycles. The average Bonchev–Trinajstić information content (AvgIpc) is 2.44. The second-order valence-electron chi connectivity index (χ2n) is 4.32. The van der Waals surface area contributed by atoms with E-state index in [0.717, 1.165) is 0 Å². The molecule has 0 aromatic heterocycles. The second-order valence-corrected chi connectivity index (χ2v) is 4.32. The topological polar surface area (TPSA) is 99.4 Å². The van der Waals surface area contributed by atoms with E-state index in [0.29, 0.717) is 5.57 Å². The Labute approximate surface area is 112 Å². The van der Waals surface area contributed by atoms with Crippen LogP contribution in [0.25, 0.3) is 0 Å². The van der Waals surface area contributed by atoms with Crippen LogP contribution in [0.4, 0.5) is 0 Å². The molecule has 1 saturated heterocycles. The molecule has 0 amide bonds. The Bertz CT molecular complexity index is 327. The van der Waals surface area contributed by atoms with E-state index in [-0.39, 0.29) is 0 Å². The summed E-state index contributed by atoms with van der Waals surface area (Å²) in [6.07, 6.45) is 0.238. The number of aliphatic hydroxyl groups excluding tert-OH is 4. The van der Waals surface area contributed by atoms with Crippen molar-refractivity contribution in [1.82, 2.24) is 0 Å². The molecule has 0 aromatic carbocycles. The van der Waals surface area contributed by atoms with Crippen molar-refractivity contribution in [2.24, 2.45) is 0 Å².